The first-order chi connectivity index (χ1) is 6.74. The quantitative estimate of drug-likeness (QED) is 0.414. The summed E-state index contributed by atoms with van der Waals surface area (Å²) in [4.78, 5) is 10.3. The van der Waals surface area contributed by atoms with Crippen molar-refractivity contribution in [2.24, 2.45) is 0 Å². The second-order valence-corrected chi connectivity index (χ2v) is 3.17. The number of aldehydes is 1. The van der Waals surface area contributed by atoms with Crippen LogP contribution in [0, 0.1) is 0 Å². The third-order valence-corrected chi connectivity index (χ3v) is 1.91. The van der Waals surface area contributed by atoms with Crippen molar-refractivity contribution < 1.29 is 9.53 Å². The molecule has 0 aromatic heterocycles. The molecule has 1 rings (SSSR count). The molecule has 1 aromatic rings. The fraction of sp³-hybridized carbons (Fsp3) is 0.250. The van der Waals surface area contributed by atoms with Crippen LogP contribution in [-0.4, -0.2) is 6.29 Å². The summed E-state index contributed by atoms with van der Waals surface area (Å²) in [5.41, 5.74) is 1.69. The fourth-order valence-corrected chi connectivity index (χ4v) is 1.04. The average Bonchev–Trinajstić information content (AvgIpc) is 2.26. The van der Waals surface area contributed by atoms with Gasteiger partial charge < -0.3 is 4.74 Å². The molecule has 0 unspecified atom stereocenters. The van der Waals surface area contributed by atoms with Crippen LogP contribution in [0.25, 0.3) is 0 Å². The molecule has 0 heterocycles. The Kier molecular flexibility index (Phi) is 3.92. The van der Waals surface area contributed by atoms with Crippen molar-refractivity contribution in [3.05, 3.63) is 47.7 Å². The monoisotopic (exact) mass is 190 g/mol. The number of rotatable bonds is 4. The maximum atomic E-state index is 10.3. The molecule has 1 atom stereocenters. The van der Waals surface area contributed by atoms with Crippen molar-refractivity contribution in [1.82, 2.24) is 0 Å². The molecule has 0 aliphatic rings. The van der Waals surface area contributed by atoms with Crippen LogP contribution in [0.15, 0.2) is 42.2 Å². The van der Waals surface area contributed by atoms with Gasteiger partial charge in [0, 0.05) is 5.57 Å². The fourth-order valence-electron chi connectivity index (χ4n) is 1.04. The summed E-state index contributed by atoms with van der Waals surface area (Å²) in [6.45, 7) is 3.66. The molecule has 0 radical (unpaired) electrons. The number of hydrogen-bond donors (Lipinski definition) is 0. The molecule has 0 fully saturated rings. The lowest BCUT2D eigenvalue weighted by Crippen LogP contribution is -1.95. The summed E-state index contributed by atoms with van der Waals surface area (Å²) >= 11 is 0. The molecule has 74 valence electrons. The van der Waals surface area contributed by atoms with Gasteiger partial charge in [-0.15, -0.1) is 0 Å². The van der Waals surface area contributed by atoms with Gasteiger partial charge in [0.25, 0.3) is 0 Å². The second-order valence-electron chi connectivity index (χ2n) is 3.17. The van der Waals surface area contributed by atoms with Crippen LogP contribution in [0.4, 0.5) is 0 Å². The highest BCUT2D eigenvalue weighted by Gasteiger charge is 2.02. The lowest BCUT2D eigenvalue weighted by molar-refractivity contribution is -0.105. The zero-order chi connectivity index (χ0) is 10.4. The van der Waals surface area contributed by atoms with E-state index < -0.39 is 0 Å². The van der Waals surface area contributed by atoms with Crippen LogP contribution >= 0.6 is 0 Å². The molecule has 2 heteroatoms. The number of benzene rings is 1. The molecular formula is C12H14O2. The lowest BCUT2D eigenvalue weighted by Gasteiger charge is -2.11. The van der Waals surface area contributed by atoms with E-state index in [1.165, 1.54) is 6.26 Å². The third-order valence-electron chi connectivity index (χ3n) is 1.91. The highest BCUT2D eigenvalue weighted by Crippen LogP contribution is 2.16. The van der Waals surface area contributed by atoms with Crippen LogP contribution in [0.2, 0.25) is 0 Å². The lowest BCUT2D eigenvalue weighted by atomic mass is 10.1. The van der Waals surface area contributed by atoms with Crippen molar-refractivity contribution in [3.63, 3.8) is 0 Å². The van der Waals surface area contributed by atoms with Crippen molar-refractivity contribution in [3.8, 4) is 0 Å². The molecule has 14 heavy (non-hydrogen) atoms. The molecular weight excluding hydrogens is 176 g/mol. The molecule has 0 amide bonds. The largest absolute Gasteiger partial charge is 0.493 e. The zero-order valence-electron chi connectivity index (χ0n) is 8.44. The Morgan fingerprint density at radius 3 is 2.57 bits per heavy atom. The number of carbonyl (C=O) groups is 1. The predicted octanol–water partition coefficient (Wildman–Crippen LogP) is 2.87. The van der Waals surface area contributed by atoms with E-state index in [0.29, 0.717) is 5.57 Å². The van der Waals surface area contributed by atoms with E-state index in [-0.39, 0.29) is 6.10 Å². The summed E-state index contributed by atoms with van der Waals surface area (Å²) in [6.07, 6.45) is 2.24. The van der Waals surface area contributed by atoms with Gasteiger partial charge in [0.05, 0.1) is 6.26 Å². The minimum atomic E-state index is -0.0221. The summed E-state index contributed by atoms with van der Waals surface area (Å²) in [5, 5.41) is 0. The van der Waals surface area contributed by atoms with Gasteiger partial charge in [-0.25, -0.2) is 0 Å². The van der Waals surface area contributed by atoms with Gasteiger partial charge in [-0.2, -0.15) is 0 Å². The van der Waals surface area contributed by atoms with Gasteiger partial charge in [-0.1, -0.05) is 30.3 Å². The van der Waals surface area contributed by atoms with E-state index in [4.69, 9.17) is 4.74 Å². The van der Waals surface area contributed by atoms with Crippen molar-refractivity contribution >= 4 is 6.29 Å². The summed E-state index contributed by atoms with van der Waals surface area (Å²) < 4.78 is 5.39. The predicted molar refractivity (Wildman–Crippen MR) is 55.8 cm³/mol. The van der Waals surface area contributed by atoms with Gasteiger partial charge in [-0.05, 0) is 19.4 Å². The Labute approximate surface area is 84.2 Å². The SMILES string of the molecule is C/C(C=O)=C\O[C@H](C)c1ccccc1. The van der Waals surface area contributed by atoms with E-state index in [0.717, 1.165) is 11.8 Å². The number of hydrogen-bond acceptors (Lipinski definition) is 2. The van der Waals surface area contributed by atoms with Crippen LogP contribution < -0.4 is 0 Å². The smallest absolute Gasteiger partial charge is 0.148 e. The van der Waals surface area contributed by atoms with Crippen molar-refractivity contribution in [1.29, 1.82) is 0 Å². The van der Waals surface area contributed by atoms with E-state index in [2.05, 4.69) is 0 Å². The third kappa shape index (κ3) is 3.05. The van der Waals surface area contributed by atoms with Gasteiger partial charge in [-0.3, -0.25) is 4.79 Å². The van der Waals surface area contributed by atoms with Crippen LogP contribution in [0.5, 0.6) is 0 Å². The first-order valence-corrected chi connectivity index (χ1v) is 4.56. The number of ether oxygens (including phenoxy) is 1. The van der Waals surface area contributed by atoms with Crippen LogP contribution in [-0.2, 0) is 9.53 Å². The topological polar surface area (TPSA) is 26.3 Å². The molecule has 0 aliphatic heterocycles. The van der Waals surface area contributed by atoms with E-state index in [1.54, 1.807) is 6.92 Å². The van der Waals surface area contributed by atoms with Gasteiger partial charge in [0.2, 0.25) is 0 Å². The van der Waals surface area contributed by atoms with Crippen molar-refractivity contribution in [2.45, 2.75) is 20.0 Å². The van der Waals surface area contributed by atoms with E-state index in [1.807, 2.05) is 37.3 Å². The highest BCUT2D eigenvalue weighted by molar-refractivity contribution is 5.71. The minimum absolute atomic E-state index is 0.0221. The standard InChI is InChI=1S/C12H14O2/c1-10(8-13)9-14-11(2)12-6-4-3-5-7-12/h3-9,11H,1-2H3/b10-9+/t11-/m1/s1. The van der Waals surface area contributed by atoms with Crippen LogP contribution in [0.3, 0.4) is 0 Å². The van der Waals surface area contributed by atoms with Crippen LogP contribution in [0.1, 0.15) is 25.5 Å². The molecule has 0 saturated carbocycles. The Balaban J connectivity index is 2.59. The van der Waals surface area contributed by atoms with Gasteiger partial charge in [0.1, 0.15) is 12.4 Å². The van der Waals surface area contributed by atoms with E-state index >= 15 is 0 Å². The molecule has 1 aromatic carbocycles. The van der Waals surface area contributed by atoms with E-state index in [9.17, 15) is 4.79 Å². The molecule has 0 bridgehead atoms. The number of allylic oxidation sites excluding steroid dienone is 1. The normalized spacial score (nSPS) is 13.4. The average molecular weight is 190 g/mol. The Bertz CT molecular complexity index is 314. The first kappa shape index (κ1) is 10.5. The second kappa shape index (κ2) is 5.22. The molecule has 0 N–H and O–H groups in total. The summed E-state index contributed by atoms with van der Waals surface area (Å²) in [6, 6.07) is 9.88. The Hall–Kier alpha value is -1.57. The Morgan fingerprint density at radius 2 is 2.00 bits per heavy atom. The zero-order valence-corrected chi connectivity index (χ0v) is 8.44. The van der Waals surface area contributed by atoms with Gasteiger partial charge >= 0.3 is 0 Å². The summed E-state index contributed by atoms with van der Waals surface area (Å²) in [7, 11) is 0. The number of carbonyl (C=O) groups excluding carboxylic acids is 1. The minimum Gasteiger partial charge on any atom is -0.493 e. The summed E-state index contributed by atoms with van der Waals surface area (Å²) in [5.74, 6) is 0. The Morgan fingerprint density at radius 1 is 1.36 bits per heavy atom. The maximum Gasteiger partial charge on any atom is 0.148 e. The molecule has 0 aliphatic carbocycles. The first-order valence-electron chi connectivity index (χ1n) is 4.56. The molecule has 0 saturated heterocycles. The molecule has 0 spiro atoms. The highest BCUT2D eigenvalue weighted by atomic mass is 16.5. The molecule has 2 nitrogen and oxygen atoms in total. The maximum absolute atomic E-state index is 10.3. The van der Waals surface area contributed by atoms with Crippen molar-refractivity contribution in [2.75, 3.05) is 0 Å². The van der Waals surface area contributed by atoms with Gasteiger partial charge in [0.15, 0.2) is 0 Å².